The lowest BCUT2D eigenvalue weighted by Crippen LogP contribution is -2.37. The van der Waals surface area contributed by atoms with Crippen molar-refractivity contribution in [1.82, 2.24) is 10.2 Å². The Morgan fingerprint density at radius 2 is 2.00 bits per heavy atom. The van der Waals surface area contributed by atoms with E-state index in [0.717, 1.165) is 13.0 Å². The van der Waals surface area contributed by atoms with Gasteiger partial charge < -0.3 is 10.2 Å². The molecule has 4 nitrogen and oxygen atoms in total. The van der Waals surface area contributed by atoms with Gasteiger partial charge >= 0.3 is 0 Å². The highest BCUT2D eigenvalue weighted by Gasteiger charge is 2.19. The molecule has 0 aromatic heterocycles. The Bertz CT molecular complexity index is 471. The van der Waals surface area contributed by atoms with E-state index >= 15 is 0 Å². The minimum atomic E-state index is -0.00297. The van der Waals surface area contributed by atoms with Crippen LogP contribution in [-0.4, -0.2) is 29.8 Å². The van der Waals surface area contributed by atoms with Gasteiger partial charge in [0.25, 0.3) is 0 Å². The maximum atomic E-state index is 12.1. The van der Waals surface area contributed by atoms with Crippen LogP contribution in [0, 0.1) is 0 Å². The van der Waals surface area contributed by atoms with Crippen molar-refractivity contribution in [2.75, 3.05) is 13.1 Å². The van der Waals surface area contributed by atoms with Gasteiger partial charge in [0.05, 0.1) is 0 Å². The molecular weight excluding hydrogens is 240 g/mol. The molecule has 102 valence electrons. The van der Waals surface area contributed by atoms with Crippen LogP contribution in [0.4, 0.5) is 0 Å². The number of rotatable bonds is 4. The van der Waals surface area contributed by atoms with E-state index in [0.29, 0.717) is 25.9 Å². The van der Waals surface area contributed by atoms with Crippen LogP contribution in [0.3, 0.4) is 0 Å². The lowest BCUT2D eigenvalue weighted by Gasteiger charge is -2.29. The lowest BCUT2D eigenvalue weighted by atomic mass is 10.00. The first-order valence-corrected chi connectivity index (χ1v) is 6.82. The molecule has 0 atom stereocenters. The molecule has 1 aliphatic heterocycles. The van der Waals surface area contributed by atoms with Gasteiger partial charge in [-0.25, -0.2) is 0 Å². The maximum Gasteiger partial charge on any atom is 0.224 e. The topological polar surface area (TPSA) is 49.4 Å². The summed E-state index contributed by atoms with van der Waals surface area (Å²) in [6.45, 7) is 3.71. The van der Waals surface area contributed by atoms with Crippen LogP contribution in [0.25, 0.3) is 0 Å². The average molecular weight is 260 g/mol. The summed E-state index contributed by atoms with van der Waals surface area (Å²) < 4.78 is 0. The van der Waals surface area contributed by atoms with Crippen LogP contribution in [0.15, 0.2) is 24.3 Å². The average Bonchev–Trinajstić information content (AvgIpc) is 2.46. The van der Waals surface area contributed by atoms with E-state index in [9.17, 15) is 9.59 Å². The number of hydrogen-bond donors (Lipinski definition) is 1. The number of hydrogen-bond acceptors (Lipinski definition) is 2. The molecule has 0 unspecified atom stereocenters. The largest absolute Gasteiger partial charge is 0.356 e. The van der Waals surface area contributed by atoms with Crippen molar-refractivity contribution in [3.8, 4) is 0 Å². The molecule has 0 fully saturated rings. The van der Waals surface area contributed by atoms with Crippen LogP contribution in [0.5, 0.6) is 0 Å². The molecule has 0 bridgehead atoms. The van der Waals surface area contributed by atoms with Crippen molar-refractivity contribution >= 4 is 11.8 Å². The van der Waals surface area contributed by atoms with Gasteiger partial charge in [-0.3, -0.25) is 9.59 Å². The molecule has 1 heterocycles. The molecule has 2 amide bonds. The van der Waals surface area contributed by atoms with Gasteiger partial charge in [0, 0.05) is 32.5 Å². The van der Waals surface area contributed by atoms with E-state index in [4.69, 9.17) is 0 Å². The lowest BCUT2D eigenvalue weighted by molar-refractivity contribution is -0.132. The summed E-state index contributed by atoms with van der Waals surface area (Å²) in [5.41, 5.74) is 2.57. The number of nitrogens with zero attached hydrogens (tertiary/aromatic N) is 1. The van der Waals surface area contributed by atoms with E-state index < -0.39 is 0 Å². The van der Waals surface area contributed by atoms with Crippen molar-refractivity contribution in [1.29, 1.82) is 0 Å². The molecule has 2 rings (SSSR count). The Balaban J connectivity index is 1.83. The third-order valence-corrected chi connectivity index (χ3v) is 3.47. The number of nitrogens with one attached hydrogen (secondary N) is 1. The van der Waals surface area contributed by atoms with Gasteiger partial charge in [0.15, 0.2) is 0 Å². The summed E-state index contributed by atoms with van der Waals surface area (Å²) in [7, 11) is 0. The zero-order valence-corrected chi connectivity index (χ0v) is 11.3. The first kappa shape index (κ1) is 13.6. The van der Waals surface area contributed by atoms with Gasteiger partial charge in [-0.2, -0.15) is 0 Å². The number of carbonyl (C=O) groups excluding carboxylic acids is 2. The standard InChI is InChI=1S/C15H20N2O2/c1-2-14(18)16-9-7-15(19)17-10-8-12-5-3-4-6-13(12)11-17/h3-6H,2,7-11H2,1H3,(H,16,18). The summed E-state index contributed by atoms with van der Waals surface area (Å²) in [6.07, 6.45) is 1.77. The molecule has 1 N–H and O–H groups in total. The van der Waals surface area contributed by atoms with E-state index in [-0.39, 0.29) is 11.8 Å². The number of fused-ring (bicyclic) bond motifs is 1. The van der Waals surface area contributed by atoms with E-state index in [1.165, 1.54) is 11.1 Å². The monoisotopic (exact) mass is 260 g/mol. The number of benzene rings is 1. The Morgan fingerprint density at radius 3 is 2.74 bits per heavy atom. The predicted molar refractivity (Wildman–Crippen MR) is 73.5 cm³/mol. The summed E-state index contributed by atoms with van der Waals surface area (Å²) >= 11 is 0. The fraction of sp³-hybridized carbons (Fsp3) is 0.467. The second-order valence-electron chi connectivity index (χ2n) is 4.79. The van der Waals surface area contributed by atoms with Crippen LogP contribution in [0.1, 0.15) is 30.9 Å². The van der Waals surface area contributed by atoms with E-state index in [2.05, 4.69) is 17.4 Å². The van der Waals surface area contributed by atoms with Crippen molar-refractivity contribution < 1.29 is 9.59 Å². The quantitative estimate of drug-likeness (QED) is 0.891. The molecule has 0 saturated heterocycles. The molecule has 1 aromatic carbocycles. The van der Waals surface area contributed by atoms with Crippen LogP contribution in [-0.2, 0) is 22.6 Å². The highest BCUT2D eigenvalue weighted by molar-refractivity contribution is 5.79. The van der Waals surface area contributed by atoms with Crippen LogP contribution >= 0.6 is 0 Å². The highest BCUT2D eigenvalue weighted by atomic mass is 16.2. The first-order valence-electron chi connectivity index (χ1n) is 6.82. The Labute approximate surface area is 113 Å². The van der Waals surface area contributed by atoms with E-state index in [1.807, 2.05) is 17.0 Å². The minimum Gasteiger partial charge on any atom is -0.356 e. The predicted octanol–water partition coefficient (Wildman–Crippen LogP) is 1.49. The smallest absolute Gasteiger partial charge is 0.224 e. The third kappa shape index (κ3) is 3.56. The summed E-state index contributed by atoms with van der Waals surface area (Å²) in [5.74, 6) is 0.114. The molecule has 0 saturated carbocycles. The van der Waals surface area contributed by atoms with Gasteiger partial charge in [-0.05, 0) is 17.5 Å². The van der Waals surface area contributed by atoms with Crippen molar-refractivity contribution in [2.24, 2.45) is 0 Å². The van der Waals surface area contributed by atoms with Gasteiger partial charge in [0.2, 0.25) is 11.8 Å². The van der Waals surface area contributed by atoms with Crippen molar-refractivity contribution in [3.63, 3.8) is 0 Å². The summed E-state index contributed by atoms with van der Waals surface area (Å²) in [4.78, 5) is 25.0. The second-order valence-corrected chi connectivity index (χ2v) is 4.79. The normalized spacial score (nSPS) is 13.8. The summed E-state index contributed by atoms with van der Waals surface area (Å²) in [6, 6.07) is 8.25. The van der Waals surface area contributed by atoms with Gasteiger partial charge in [0.1, 0.15) is 0 Å². The van der Waals surface area contributed by atoms with Gasteiger partial charge in [-0.1, -0.05) is 31.2 Å². The minimum absolute atomic E-state index is 0.00297. The third-order valence-electron chi connectivity index (χ3n) is 3.47. The molecule has 4 heteroatoms. The van der Waals surface area contributed by atoms with Crippen LogP contribution in [0.2, 0.25) is 0 Å². The van der Waals surface area contributed by atoms with Crippen molar-refractivity contribution in [3.05, 3.63) is 35.4 Å². The van der Waals surface area contributed by atoms with Crippen LogP contribution < -0.4 is 5.32 Å². The number of amides is 2. The molecule has 19 heavy (non-hydrogen) atoms. The fourth-order valence-corrected chi connectivity index (χ4v) is 2.30. The molecule has 0 aliphatic carbocycles. The summed E-state index contributed by atoms with van der Waals surface area (Å²) in [5, 5.41) is 2.74. The SMILES string of the molecule is CCC(=O)NCCC(=O)N1CCc2ccccc2C1. The molecule has 1 aliphatic rings. The van der Waals surface area contributed by atoms with Crippen molar-refractivity contribution in [2.45, 2.75) is 32.7 Å². The fourth-order valence-electron chi connectivity index (χ4n) is 2.30. The van der Waals surface area contributed by atoms with E-state index in [1.54, 1.807) is 6.92 Å². The molecular formula is C15H20N2O2. The maximum absolute atomic E-state index is 12.1. The highest BCUT2D eigenvalue weighted by Crippen LogP contribution is 2.18. The number of carbonyl (C=O) groups is 2. The molecule has 0 radical (unpaired) electrons. The first-order chi connectivity index (χ1) is 9.20. The second kappa shape index (κ2) is 6.36. The van der Waals surface area contributed by atoms with Gasteiger partial charge in [-0.15, -0.1) is 0 Å². The Hall–Kier alpha value is -1.84. The Kier molecular flexibility index (Phi) is 4.55. The Morgan fingerprint density at radius 1 is 1.26 bits per heavy atom. The zero-order chi connectivity index (χ0) is 13.7. The molecule has 1 aromatic rings. The zero-order valence-electron chi connectivity index (χ0n) is 11.3. The molecule has 0 spiro atoms.